The zero-order chi connectivity index (χ0) is 18.1. The van der Waals surface area contributed by atoms with Crippen LogP contribution < -0.4 is 0 Å². The molecule has 1 amide bonds. The molecule has 0 atom stereocenters. The van der Waals surface area contributed by atoms with Gasteiger partial charge in [-0.25, -0.2) is 14.6 Å². The van der Waals surface area contributed by atoms with Crippen LogP contribution in [0.25, 0.3) is 16.5 Å². The molecule has 1 aliphatic carbocycles. The van der Waals surface area contributed by atoms with Crippen molar-refractivity contribution in [3.63, 3.8) is 0 Å². The first kappa shape index (κ1) is 16.9. The van der Waals surface area contributed by atoms with Crippen LogP contribution in [0.4, 0.5) is 0 Å². The summed E-state index contributed by atoms with van der Waals surface area (Å²) in [7, 11) is 0. The number of thiophene rings is 1. The van der Waals surface area contributed by atoms with Gasteiger partial charge in [0.05, 0.1) is 28.0 Å². The molecule has 3 aromatic rings. The second-order valence-electron chi connectivity index (χ2n) is 6.33. The number of amides is 1. The Hall–Kier alpha value is -2.54. The summed E-state index contributed by atoms with van der Waals surface area (Å²) in [5.74, 6) is 0.926. The molecule has 0 aromatic carbocycles. The Bertz CT molecular complexity index is 910. The fourth-order valence-corrected chi connectivity index (χ4v) is 3.82. The van der Waals surface area contributed by atoms with Crippen LogP contribution in [0, 0.1) is 0 Å². The zero-order valence-electron chi connectivity index (χ0n) is 14.9. The van der Waals surface area contributed by atoms with Crippen LogP contribution in [-0.2, 0) is 0 Å². The Morgan fingerprint density at radius 3 is 2.77 bits per heavy atom. The Morgan fingerprint density at radius 1 is 1.31 bits per heavy atom. The van der Waals surface area contributed by atoms with E-state index < -0.39 is 0 Å². The monoisotopic (exact) mass is 367 g/mol. The summed E-state index contributed by atoms with van der Waals surface area (Å²) in [6, 6.07) is 5.95. The number of nitrogens with zero attached hydrogens (tertiary/aromatic N) is 5. The lowest BCUT2D eigenvalue weighted by Gasteiger charge is -2.18. The SMILES string of the molecule is CCN(CC)C(=O)c1cnn(-c2nccc(-c3cccs3)n2)c1C1CC1. The van der Waals surface area contributed by atoms with E-state index in [1.54, 1.807) is 28.4 Å². The van der Waals surface area contributed by atoms with E-state index in [4.69, 9.17) is 0 Å². The van der Waals surface area contributed by atoms with Gasteiger partial charge in [-0.05, 0) is 44.2 Å². The van der Waals surface area contributed by atoms with E-state index in [1.807, 2.05) is 42.3 Å². The molecule has 3 aromatic heterocycles. The molecular weight excluding hydrogens is 346 g/mol. The summed E-state index contributed by atoms with van der Waals surface area (Å²) in [6.07, 6.45) is 5.58. The summed E-state index contributed by atoms with van der Waals surface area (Å²) in [6.45, 7) is 5.37. The fraction of sp³-hybridized carbons (Fsp3) is 0.368. The molecule has 0 bridgehead atoms. The summed E-state index contributed by atoms with van der Waals surface area (Å²) >= 11 is 1.64. The Labute approximate surface area is 156 Å². The first-order valence-corrected chi connectivity index (χ1v) is 9.85. The highest BCUT2D eigenvalue weighted by molar-refractivity contribution is 7.13. The van der Waals surface area contributed by atoms with Gasteiger partial charge in [-0.2, -0.15) is 5.10 Å². The van der Waals surface area contributed by atoms with E-state index in [0.29, 0.717) is 30.5 Å². The van der Waals surface area contributed by atoms with Crippen LogP contribution >= 0.6 is 11.3 Å². The average molecular weight is 367 g/mol. The van der Waals surface area contributed by atoms with Gasteiger partial charge in [-0.15, -0.1) is 11.3 Å². The van der Waals surface area contributed by atoms with Gasteiger partial charge in [0.1, 0.15) is 0 Å². The molecule has 7 heteroatoms. The third-order valence-electron chi connectivity index (χ3n) is 4.66. The lowest BCUT2D eigenvalue weighted by molar-refractivity contribution is 0.0772. The van der Waals surface area contributed by atoms with E-state index in [-0.39, 0.29) is 5.91 Å². The van der Waals surface area contributed by atoms with Gasteiger partial charge in [-0.3, -0.25) is 4.79 Å². The van der Waals surface area contributed by atoms with E-state index in [2.05, 4.69) is 15.1 Å². The molecule has 4 rings (SSSR count). The van der Waals surface area contributed by atoms with Gasteiger partial charge in [0.15, 0.2) is 0 Å². The van der Waals surface area contributed by atoms with E-state index in [9.17, 15) is 4.79 Å². The minimum Gasteiger partial charge on any atom is -0.339 e. The van der Waals surface area contributed by atoms with E-state index in [0.717, 1.165) is 29.1 Å². The number of carbonyl (C=O) groups is 1. The molecule has 0 unspecified atom stereocenters. The van der Waals surface area contributed by atoms with Crippen molar-refractivity contribution in [1.82, 2.24) is 24.6 Å². The van der Waals surface area contributed by atoms with Gasteiger partial charge in [0.25, 0.3) is 11.9 Å². The Balaban J connectivity index is 1.76. The van der Waals surface area contributed by atoms with Gasteiger partial charge in [-0.1, -0.05) is 6.07 Å². The normalized spacial score (nSPS) is 13.8. The maximum Gasteiger partial charge on any atom is 0.257 e. The molecule has 0 aliphatic heterocycles. The first-order chi connectivity index (χ1) is 12.7. The first-order valence-electron chi connectivity index (χ1n) is 8.97. The maximum atomic E-state index is 12.9. The molecule has 0 saturated heterocycles. The molecule has 0 N–H and O–H groups in total. The molecule has 1 aliphatic rings. The summed E-state index contributed by atoms with van der Waals surface area (Å²) in [5, 5.41) is 6.52. The van der Waals surface area contributed by atoms with Crippen molar-refractivity contribution < 1.29 is 4.79 Å². The molecule has 6 nitrogen and oxygen atoms in total. The standard InChI is InChI=1S/C19H21N5OS/c1-3-23(4-2)18(25)14-12-21-24(17(14)13-7-8-13)19-20-10-9-15(22-19)16-6-5-11-26-16/h5-6,9-13H,3-4,7-8H2,1-2H3. The predicted octanol–water partition coefficient (Wildman–Crippen LogP) is 3.75. The lowest BCUT2D eigenvalue weighted by atomic mass is 10.1. The van der Waals surface area contributed by atoms with E-state index >= 15 is 0 Å². The largest absolute Gasteiger partial charge is 0.339 e. The number of carbonyl (C=O) groups excluding carboxylic acids is 1. The van der Waals surface area contributed by atoms with Crippen molar-refractivity contribution in [3.8, 4) is 16.5 Å². The number of aromatic nitrogens is 4. The quantitative estimate of drug-likeness (QED) is 0.666. The summed E-state index contributed by atoms with van der Waals surface area (Å²) in [4.78, 5) is 24.9. The number of rotatable bonds is 6. The van der Waals surface area contributed by atoms with Crippen molar-refractivity contribution in [1.29, 1.82) is 0 Å². The molecule has 0 radical (unpaired) electrons. The minimum absolute atomic E-state index is 0.0394. The van der Waals surface area contributed by atoms with Crippen LogP contribution in [0.3, 0.4) is 0 Å². The van der Waals surface area contributed by atoms with Crippen molar-refractivity contribution in [3.05, 3.63) is 47.2 Å². The lowest BCUT2D eigenvalue weighted by Crippen LogP contribution is -2.31. The Morgan fingerprint density at radius 2 is 2.12 bits per heavy atom. The van der Waals surface area contributed by atoms with Crippen LogP contribution in [0.2, 0.25) is 0 Å². The fourth-order valence-electron chi connectivity index (χ4n) is 3.12. The second kappa shape index (κ2) is 6.99. The Kier molecular flexibility index (Phi) is 4.55. The molecular formula is C19H21N5OS. The summed E-state index contributed by atoms with van der Waals surface area (Å²) in [5.41, 5.74) is 2.51. The van der Waals surface area contributed by atoms with Gasteiger partial charge in [0.2, 0.25) is 0 Å². The van der Waals surface area contributed by atoms with Gasteiger partial charge >= 0.3 is 0 Å². The maximum absolute atomic E-state index is 12.9. The van der Waals surface area contributed by atoms with E-state index in [1.165, 1.54) is 0 Å². The third kappa shape index (κ3) is 3.03. The van der Waals surface area contributed by atoms with Crippen LogP contribution in [0.15, 0.2) is 36.0 Å². The predicted molar refractivity (Wildman–Crippen MR) is 102 cm³/mol. The van der Waals surface area contributed by atoms with Crippen LogP contribution in [-0.4, -0.2) is 43.6 Å². The molecule has 134 valence electrons. The second-order valence-corrected chi connectivity index (χ2v) is 7.27. The highest BCUT2D eigenvalue weighted by Gasteiger charge is 2.34. The highest BCUT2D eigenvalue weighted by atomic mass is 32.1. The topological polar surface area (TPSA) is 63.9 Å². The molecule has 26 heavy (non-hydrogen) atoms. The van der Waals surface area contributed by atoms with Crippen molar-refractivity contribution >= 4 is 17.2 Å². The molecule has 0 spiro atoms. The smallest absolute Gasteiger partial charge is 0.257 e. The van der Waals surface area contributed by atoms with Crippen LogP contribution in [0.1, 0.15) is 48.7 Å². The van der Waals surface area contributed by atoms with Crippen molar-refractivity contribution in [2.24, 2.45) is 0 Å². The molecule has 3 heterocycles. The average Bonchev–Trinajstić information content (AvgIpc) is 3.19. The number of hydrogen-bond donors (Lipinski definition) is 0. The molecule has 1 fully saturated rings. The van der Waals surface area contributed by atoms with Crippen molar-refractivity contribution in [2.75, 3.05) is 13.1 Å². The van der Waals surface area contributed by atoms with Gasteiger partial charge in [0, 0.05) is 25.2 Å². The minimum atomic E-state index is 0.0394. The van der Waals surface area contributed by atoms with Gasteiger partial charge < -0.3 is 4.90 Å². The molecule has 1 saturated carbocycles. The third-order valence-corrected chi connectivity index (χ3v) is 5.55. The zero-order valence-corrected chi connectivity index (χ0v) is 15.7. The highest BCUT2D eigenvalue weighted by Crippen LogP contribution is 2.42. The van der Waals surface area contributed by atoms with Crippen molar-refractivity contribution in [2.45, 2.75) is 32.6 Å². The summed E-state index contributed by atoms with van der Waals surface area (Å²) < 4.78 is 1.76. The van der Waals surface area contributed by atoms with Crippen LogP contribution in [0.5, 0.6) is 0 Å². The number of hydrogen-bond acceptors (Lipinski definition) is 5.